The zero-order valence-corrected chi connectivity index (χ0v) is 24.7. The van der Waals surface area contributed by atoms with Crippen molar-refractivity contribution in [2.45, 2.75) is 87.6 Å². The number of nitrogens with one attached hydrogen (secondary N) is 1. The zero-order valence-electron chi connectivity index (χ0n) is 24.7. The first-order valence-corrected chi connectivity index (χ1v) is 16.1. The first-order valence-electron chi connectivity index (χ1n) is 16.1. The van der Waals surface area contributed by atoms with Gasteiger partial charge < -0.3 is 15.0 Å². The lowest BCUT2D eigenvalue weighted by atomic mass is 9.71. The third kappa shape index (κ3) is 4.12. The SMILES string of the molecule is CN1Cc2c(nc(OC[C@@]34CCCN3C[C@H](F)C4)nc2N2C[C@H]3CC[C@@H](C2)C3NC#N)C[C@]12CCCc1ccccc12. The summed E-state index contributed by atoms with van der Waals surface area (Å²) in [6, 6.07) is 9.66. The van der Waals surface area contributed by atoms with Crippen molar-refractivity contribution < 1.29 is 9.13 Å². The fourth-order valence-electron chi connectivity index (χ4n) is 9.76. The molecule has 1 aromatic heterocycles. The number of rotatable bonds is 5. The minimum absolute atomic E-state index is 0.0820. The van der Waals surface area contributed by atoms with Crippen LogP contribution in [0, 0.1) is 23.3 Å². The molecule has 222 valence electrons. The molecule has 2 aliphatic carbocycles. The predicted octanol–water partition coefficient (Wildman–Crippen LogP) is 3.94. The molecule has 6 atom stereocenters. The third-order valence-corrected chi connectivity index (χ3v) is 11.8. The van der Waals surface area contributed by atoms with Gasteiger partial charge in [-0.15, -0.1) is 0 Å². The lowest BCUT2D eigenvalue weighted by molar-refractivity contribution is 0.0713. The van der Waals surface area contributed by atoms with Gasteiger partial charge in [0.2, 0.25) is 0 Å². The Labute approximate surface area is 248 Å². The van der Waals surface area contributed by atoms with Gasteiger partial charge in [-0.05, 0) is 81.5 Å². The quantitative estimate of drug-likeness (QED) is 0.427. The molecule has 42 heavy (non-hydrogen) atoms. The Morgan fingerprint density at radius 3 is 2.79 bits per heavy atom. The van der Waals surface area contributed by atoms with Crippen LogP contribution >= 0.6 is 0 Å². The first-order chi connectivity index (χ1) is 20.5. The molecule has 1 aromatic carbocycles. The van der Waals surface area contributed by atoms with Crippen LogP contribution in [0.2, 0.25) is 0 Å². The monoisotopic (exact) mass is 571 g/mol. The number of hydrogen-bond donors (Lipinski definition) is 1. The number of nitrogens with zero attached hydrogens (tertiary/aromatic N) is 6. The van der Waals surface area contributed by atoms with Gasteiger partial charge in [0, 0.05) is 50.6 Å². The molecule has 1 N–H and O–H groups in total. The highest BCUT2D eigenvalue weighted by Gasteiger charge is 2.50. The van der Waals surface area contributed by atoms with Crippen molar-refractivity contribution in [1.29, 1.82) is 5.26 Å². The maximum absolute atomic E-state index is 14.5. The minimum atomic E-state index is -0.783. The number of alkyl halides is 1. The summed E-state index contributed by atoms with van der Waals surface area (Å²) < 4.78 is 21.0. The highest BCUT2D eigenvalue weighted by molar-refractivity contribution is 5.54. The molecule has 1 spiro atoms. The van der Waals surface area contributed by atoms with E-state index >= 15 is 0 Å². The molecule has 2 aromatic rings. The van der Waals surface area contributed by atoms with E-state index in [2.05, 4.69) is 57.5 Å². The standard InChI is InChI=1S/C33H42FN7O/c1-39-19-26-28(15-33(39)12-4-7-22-6-2-3-8-27(22)33)37-31(42-20-32-11-5-13-41(32)18-25(34)14-32)38-30(26)40-16-23-9-10-24(17-40)29(23)36-21-35/h2-3,6,8,23-25,29,36H,4-5,7,9-20H2,1H3/t23-,24+,25-,29?,32+,33+/m1/s1. The Hall–Kier alpha value is -2.96. The number of hydrogen-bond acceptors (Lipinski definition) is 8. The Balaban J connectivity index is 1.16. The maximum atomic E-state index is 14.5. The summed E-state index contributed by atoms with van der Waals surface area (Å²) in [5, 5.41) is 12.5. The number of fused-ring (bicyclic) bond motifs is 6. The number of anilines is 1. The van der Waals surface area contributed by atoms with E-state index in [1.807, 2.05) is 0 Å². The molecule has 0 radical (unpaired) electrons. The van der Waals surface area contributed by atoms with Gasteiger partial charge in [-0.1, -0.05) is 24.3 Å². The minimum Gasteiger partial charge on any atom is -0.461 e. The van der Waals surface area contributed by atoms with Crippen LogP contribution in [-0.2, 0) is 24.9 Å². The Morgan fingerprint density at radius 2 is 1.95 bits per heavy atom. The molecule has 0 amide bonds. The molecule has 6 aliphatic rings. The maximum Gasteiger partial charge on any atom is 0.318 e. The number of aryl methyl sites for hydroxylation is 1. The fourth-order valence-corrected chi connectivity index (χ4v) is 9.76. The summed E-state index contributed by atoms with van der Waals surface area (Å²) in [6.45, 7) is 4.48. The molecule has 4 fully saturated rings. The van der Waals surface area contributed by atoms with Crippen LogP contribution < -0.4 is 15.0 Å². The van der Waals surface area contributed by atoms with Crippen molar-refractivity contribution in [3.05, 3.63) is 46.6 Å². The van der Waals surface area contributed by atoms with Crippen LogP contribution in [0.5, 0.6) is 6.01 Å². The Kier molecular flexibility index (Phi) is 6.38. The smallest absolute Gasteiger partial charge is 0.318 e. The highest BCUT2D eigenvalue weighted by Crippen LogP contribution is 2.48. The molecule has 8 rings (SSSR count). The van der Waals surface area contributed by atoms with E-state index in [9.17, 15) is 9.65 Å². The van der Waals surface area contributed by atoms with Crippen LogP contribution in [0.4, 0.5) is 10.2 Å². The van der Waals surface area contributed by atoms with Crippen LogP contribution in [0.1, 0.15) is 67.3 Å². The topological polar surface area (TPSA) is 80.6 Å². The predicted molar refractivity (Wildman–Crippen MR) is 158 cm³/mol. The zero-order chi connectivity index (χ0) is 28.5. The lowest BCUT2D eigenvalue weighted by Gasteiger charge is -2.50. The summed E-state index contributed by atoms with van der Waals surface area (Å²) in [7, 11) is 2.27. The average Bonchev–Trinajstić information content (AvgIpc) is 3.58. The number of ether oxygens (including phenoxy) is 1. The second-order valence-corrected chi connectivity index (χ2v) is 14.0. The van der Waals surface area contributed by atoms with E-state index in [4.69, 9.17) is 14.7 Å². The van der Waals surface area contributed by atoms with Crippen molar-refractivity contribution >= 4 is 5.82 Å². The number of likely N-dealkylation sites (N-methyl/N-ethyl adjacent to an activating group) is 1. The molecule has 1 saturated carbocycles. The molecular weight excluding hydrogens is 529 g/mol. The lowest BCUT2D eigenvalue weighted by Crippen LogP contribution is -2.52. The second-order valence-electron chi connectivity index (χ2n) is 14.0. The number of benzene rings is 1. The van der Waals surface area contributed by atoms with E-state index in [-0.39, 0.29) is 17.1 Å². The Morgan fingerprint density at radius 1 is 1.12 bits per heavy atom. The molecule has 1 unspecified atom stereocenters. The van der Waals surface area contributed by atoms with E-state index < -0.39 is 6.17 Å². The molecular formula is C33H42FN7O. The van der Waals surface area contributed by atoms with Crippen molar-refractivity contribution in [2.24, 2.45) is 11.8 Å². The number of nitriles is 1. The van der Waals surface area contributed by atoms with E-state index in [0.29, 0.717) is 37.4 Å². The molecule has 4 aliphatic heterocycles. The van der Waals surface area contributed by atoms with E-state index in [1.165, 1.54) is 23.1 Å². The summed E-state index contributed by atoms with van der Waals surface area (Å²) in [4.78, 5) is 17.6. The van der Waals surface area contributed by atoms with Crippen molar-refractivity contribution in [1.82, 2.24) is 25.1 Å². The Bertz CT molecular complexity index is 1400. The first kappa shape index (κ1) is 26.7. The van der Waals surface area contributed by atoms with Gasteiger partial charge in [0.25, 0.3) is 0 Å². The second kappa shape index (κ2) is 10.1. The summed E-state index contributed by atoms with van der Waals surface area (Å²) in [5.74, 6) is 1.87. The normalized spacial score (nSPS) is 35.5. The van der Waals surface area contributed by atoms with Crippen molar-refractivity contribution in [2.75, 3.05) is 44.7 Å². The average molecular weight is 572 g/mol. The van der Waals surface area contributed by atoms with Crippen LogP contribution in [0.3, 0.4) is 0 Å². The van der Waals surface area contributed by atoms with Gasteiger partial charge in [-0.3, -0.25) is 9.80 Å². The van der Waals surface area contributed by atoms with Crippen LogP contribution in [0.25, 0.3) is 0 Å². The number of aromatic nitrogens is 2. The summed E-state index contributed by atoms with van der Waals surface area (Å²) >= 11 is 0. The fraction of sp³-hybridized carbons (Fsp3) is 0.667. The van der Waals surface area contributed by atoms with Gasteiger partial charge >= 0.3 is 6.01 Å². The van der Waals surface area contributed by atoms with Gasteiger partial charge in [0.15, 0.2) is 6.19 Å². The molecule has 2 bridgehead atoms. The summed E-state index contributed by atoms with van der Waals surface area (Å²) in [5.41, 5.74) is 4.90. The van der Waals surface area contributed by atoms with Crippen LogP contribution in [-0.4, -0.2) is 77.4 Å². The molecule has 8 nitrogen and oxygen atoms in total. The number of halogens is 1. The van der Waals surface area contributed by atoms with E-state index in [0.717, 1.165) is 82.6 Å². The van der Waals surface area contributed by atoms with Gasteiger partial charge in [0.05, 0.1) is 16.8 Å². The third-order valence-electron chi connectivity index (χ3n) is 11.8. The van der Waals surface area contributed by atoms with Gasteiger partial charge in [-0.2, -0.15) is 15.2 Å². The summed E-state index contributed by atoms with van der Waals surface area (Å²) in [6.07, 6.45) is 10.6. The molecule has 3 saturated heterocycles. The highest BCUT2D eigenvalue weighted by atomic mass is 19.1. The molecule has 9 heteroatoms. The van der Waals surface area contributed by atoms with Crippen molar-refractivity contribution in [3.63, 3.8) is 0 Å². The van der Waals surface area contributed by atoms with Gasteiger partial charge in [-0.25, -0.2) is 4.39 Å². The van der Waals surface area contributed by atoms with Gasteiger partial charge in [0.1, 0.15) is 18.6 Å². The molecule has 5 heterocycles. The van der Waals surface area contributed by atoms with E-state index in [1.54, 1.807) is 0 Å². The number of piperidine rings is 1. The van der Waals surface area contributed by atoms with Crippen LogP contribution in [0.15, 0.2) is 24.3 Å². The largest absolute Gasteiger partial charge is 0.461 e. The van der Waals surface area contributed by atoms with Crippen molar-refractivity contribution in [3.8, 4) is 12.2 Å².